The average Bonchev–Trinajstić information content (AvgIpc) is 3.42. The maximum Gasteiger partial charge on any atom is 0.135 e. The number of hydrogen-bond donors (Lipinski definition) is 3. The molecule has 3 aromatic carbocycles. The zero-order chi connectivity index (χ0) is 25.0. The molecule has 5 nitrogen and oxygen atoms in total. The first kappa shape index (κ1) is 26.4. The maximum atomic E-state index is 15.1. The van der Waals surface area contributed by atoms with E-state index in [4.69, 9.17) is 15.6 Å². The first-order chi connectivity index (χ1) is 17.2. The zero-order valence-corrected chi connectivity index (χ0v) is 20.3. The van der Waals surface area contributed by atoms with Crippen LogP contribution in [0.25, 0.3) is 11.1 Å². The van der Waals surface area contributed by atoms with Crippen molar-refractivity contribution in [2.45, 2.75) is 45.3 Å². The van der Waals surface area contributed by atoms with E-state index in [1.807, 2.05) is 42.5 Å². The van der Waals surface area contributed by atoms with E-state index in [9.17, 15) is 4.79 Å². The molecule has 6 heteroatoms. The fraction of sp³-hybridized carbons (Fsp3) is 0.345. The molecule has 0 heterocycles. The molecule has 4 rings (SSSR count). The number of nitrogens with two attached hydrogens (primary N) is 1. The SMILES string of the molecule is CO.NCc1cccc(-c2cc(COc3ccccc3CC=O)cc(NCC3CCCC3)c2)c1F. The van der Waals surface area contributed by atoms with Crippen molar-refractivity contribution in [3.8, 4) is 16.9 Å². The Bertz CT molecular complexity index is 1100. The summed E-state index contributed by atoms with van der Waals surface area (Å²) in [7, 11) is 1.00. The van der Waals surface area contributed by atoms with Gasteiger partial charge in [0.1, 0.15) is 24.5 Å². The maximum absolute atomic E-state index is 15.1. The number of aliphatic hydroxyl groups excluding tert-OH is 1. The van der Waals surface area contributed by atoms with E-state index in [0.717, 1.165) is 42.3 Å². The summed E-state index contributed by atoms with van der Waals surface area (Å²) in [6.07, 6.45) is 6.28. The lowest BCUT2D eigenvalue weighted by molar-refractivity contribution is -0.107. The number of aliphatic hydroxyl groups is 1. The molecule has 186 valence electrons. The van der Waals surface area contributed by atoms with Crippen LogP contribution >= 0.6 is 0 Å². The third kappa shape index (κ3) is 7.13. The van der Waals surface area contributed by atoms with Crippen molar-refractivity contribution < 1.29 is 19.0 Å². The van der Waals surface area contributed by atoms with Crippen LogP contribution in [0, 0.1) is 11.7 Å². The summed E-state index contributed by atoms with van der Waals surface area (Å²) in [6.45, 7) is 1.39. The second-order valence-electron chi connectivity index (χ2n) is 8.70. The van der Waals surface area contributed by atoms with Crippen molar-refractivity contribution in [3.63, 3.8) is 0 Å². The van der Waals surface area contributed by atoms with Gasteiger partial charge in [0.25, 0.3) is 0 Å². The number of carbonyl (C=O) groups excluding carboxylic acids is 1. The summed E-state index contributed by atoms with van der Waals surface area (Å²) >= 11 is 0. The van der Waals surface area contributed by atoms with Gasteiger partial charge in [-0.05, 0) is 54.2 Å². The Balaban J connectivity index is 0.00000167. The highest BCUT2D eigenvalue weighted by Crippen LogP contribution is 2.31. The van der Waals surface area contributed by atoms with Gasteiger partial charge >= 0.3 is 0 Å². The van der Waals surface area contributed by atoms with Crippen LogP contribution in [0.5, 0.6) is 5.75 Å². The third-order valence-corrected chi connectivity index (χ3v) is 6.34. The van der Waals surface area contributed by atoms with Crippen LogP contribution < -0.4 is 15.8 Å². The molecule has 0 amide bonds. The first-order valence-electron chi connectivity index (χ1n) is 12.1. The highest BCUT2D eigenvalue weighted by atomic mass is 19.1. The number of rotatable bonds is 10. The summed E-state index contributed by atoms with van der Waals surface area (Å²) in [5, 5.41) is 10.6. The summed E-state index contributed by atoms with van der Waals surface area (Å²) in [4.78, 5) is 11.0. The van der Waals surface area contributed by atoms with Crippen LogP contribution in [-0.4, -0.2) is 25.0 Å². The van der Waals surface area contributed by atoms with E-state index in [1.165, 1.54) is 25.7 Å². The van der Waals surface area contributed by atoms with E-state index in [0.29, 0.717) is 35.8 Å². The molecule has 0 aromatic heterocycles. The summed E-state index contributed by atoms with van der Waals surface area (Å²) in [5.74, 6) is 1.09. The van der Waals surface area contributed by atoms with Gasteiger partial charge in [-0.1, -0.05) is 49.2 Å². The van der Waals surface area contributed by atoms with Crippen LogP contribution in [0.1, 0.15) is 42.4 Å². The Labute approximate surface area is 207 Å². The fourth-order valence-corrected chi connectivity index (χ4v) is 4.53. The molecular formula is C29H35FN2O3. The Hall–Kier alpha value is -3.22. The third-order valence-electron chi connectivity index (χ3n) is 6.34. The molecule has 0 saturated heterocycles. The number of halogens is 1. The van der Waals surface area contributed by atoms with Crippen LogP contribution in [0.4, 0.5) is 10.1 Å². The molecule has 1 aliphatic carbocycles. The topological polar surface area (TPSA) is 84.6 Å². The summed E-state index contributed by atoms with van der Waals surface area (Å²) in [5.41, 5.74) is 10.3. The van der Waals surface area contributed by atoms with Gasteiger partial charge in [0, 0.05) is 49.0 Å². The molecule has 0 bridgehead atoms. The van der Waals surface area contributed by atoms with Gasteiger partial charge in [-0.3, -0.25) is 0 Å². The van der Waals surface area contributed by atoms with Crippen LogP contribution in [0.15, 0.2) is 60.7 Å². The molecule has 1 saturated carbocycles. The normalized spacial score (nSPS) is 13.1. The number of para-hydroxylation sites is 1. The average molecular weight is 479 g/mol. The number of aldehydes is 1. The molecule has 4 N–H and O–H groups in total. The lowest BCUT2D eigenvalue weighted by Crippen LogP contribution is -2.11. The van der Waals surface area contributed by atoms with Crippen molar-refractivity contribution in [1.29, 1.82) is 0 Å². The Morgan fingerprint density at radius 1 is 1.06 bits per heavy atom. The lowest BCUT2D eigenvalue weighted by atomic mass is 9.99. The van der Waals surface area contributed by atoms with Crippen molar-refractivity contribution >= 4 is 12.0 Å². The number of benzene rings is 3. The molecule has 0 unspecified atom stereocenters. The molecule has 1 aliphatic rings. The molecule has 0 aliphatic heterocycles. The predicted octanol–water partition coefficient (Wildman–Crippen LogP) is 5.48. The van der Waals surface area contributed by atoms with Crippen LogP contribution in [0.2, 0.25) is 0 Å². The zero-order valence-electron chi connectivity index (χ0n) is 20.3. The van der Waals surface area contributed by atoms with E-state index >= 15 is 4.39 Å². The van der Waals surface area contributed by atoms with Gasteiger partial charge in [-0.15, -0.1) is 0 Å². The molecule has 0 spiro atoms. The second-order valence-corrected chi connectivity index (χ2v) is 8.70. The molecule has 0 atom stereocenters. The van der Waals surface area contributed by atoms with Crippen molar-refractivity contribution in [3.05, 3.63) is 83.2 Å². The minimum Gasteiger partial charge on any atom is -0.489 e. The molecule has 0 radical (unpaired) electrons. The van der Waals surface area contributed by atoms with Crippen LogP contribution in [0.3, 0.4) is 0 Å². The second kappa shape index (κ2) is 13.6. The molecule has 1 fully saturated rings. The first-order valence-corrected chi connectivity index (χ1v) is 12.1. The van der Waals surface area contributed by atoms with Crippen molar-refractivity contribution in [2.75, 3.05) is 19.0 Å². The van der Waals surface area contributed by atoms with E-state index in [2.05, 4.69) is 11.4 Å². The number of ether oxygens (including phenoxy) is 1. The smallest absolute Gasteiger partial charge is 0.135 e. The fourth-order valence-electron chi connectivity index (χ4n) is 4.53. The largest absolute Gasteiger partial charge is 0.489 e. The monoisotopic (exact) mass is 478 g/mol. The molecular weight excluding hydrogens is 443 g/mol. The van der Waals surface area contributed by atoms with Gasteiger partial charge in [0.2, 0.25) is 0 Å². The summed E-state index contributed by atoms with van der Waals surface area (Å²) < 4.78 is 21.2. The molecule has 3 aromatic rings. The van der Waals surface area contributed by atoms with Gasteiger partial charge in [-0.25, -0.2) is 4.39 Å². The quantitative estimate of drug-likeness (QED) is 0.336. The van der Waals surface area contributed by atoms with Gasteiger partial charge in [-0.2, -0.15) is 0 Å². The number of carbonyl (C=O) groups is 1. The highest BCUT2D eigenvalue weighted by Gasteiger charge is 2.16. The summed E-state index contributed by atoms with van der Waals surface area (Å²) in [6, 6.07) is 18.9. The van der Waals surface area contributed by atoms with Gasteiger partial charge in [0.15, 0.2) is 0 Å². The minimum atomic E-state index is -0.281. The highest BCUT2D eigenvalue weighted by molar-refractivity contribution is 5.70. The van der Waals surface area contributed by atoms with E-state index < -0.39 is 0 Å². The minimum absolute atomic E-state index is 0.156. The predicted molar refractivity (Wildman–Crippen MR) is 139 cm³/mol. The Morgan fingerprint density at radius 3 is 2.54 bits per heavy atom. The Morgan fingerprint density at radius 2 is 1.80 bits per heavy atom. The van der Waals surface area contributed by atoms with E-state index in [1.54, 1.807) is 12.1 Å². The van der Waals surface area contributed by atoms with Gasteiger partial charge in [0.05, 0.1) is 0 Å². The molecule has 35 heavy (non-hydrogen) atoms. The lowest BCUT2D eigenvalue weighted by Gasteiger charge is -2.16. The van der Waals surface area contributed by atoms with E-state index in [-0.39, 0.29) is 12.4 Å². The Kier molecular flexibility index (Phi) is 10.3. The standard InChI is InChI=1S/C28H31FN2O2.CH4O/c29-28-23(17-30)9-5-10-26(28)24-14-21(15-25(16-24)31-18-20-6-1-2-7-20)19-33-27-11-4-3-8-22(27)12-13-32;1-2/h3-5,8-11,13-16,20,31H,1-2,6-7,12,17-19,30H2;2H,1H3. The number of hydrogen-bond acceptors (Lipinski definition) is 5. The van der Waals surface area contributed by atoms with Gasteiger partial charge < -0.3 is 25.7 Å². The number of anilines is 1. The number of nitrogens with one attached hydrogen (secondary N) is 1. The van der Waals surface area contributed by atoms with Crippen molar-refractivity contribution in [2.24, 2.45) is 11.7 Å². The van der Waals surface area contributed by atoms with Crippen molar-refractivity contribution in [1.82, 2.24) is 0 Å². The van der Waals surface area contributed by atoms with Crippen LogP contribution in [-0.2, 0) is 24.4 Å².